The van der Waals surface area contributed by atoms with Crippen LogP contribution in [0.5, 0.6) is 0 Å². The normalized spacial score (nSPS) is 16.3. The molecule has 1 aliphatic carbocycles. The van der Waals surface area contributed by atoms with Crippen LogP contribution in [0.4, 0.5) is 5.82 Å². The number of carbonyl (C=O) groups excluding carboxylic acids is 1. The van der Waals surface area contributed by atoms with Crippen molar-refractivity contribution in [2.45, 2.75) is 45.6 Å². The van der Waals surface area contributed by atoms with Gasteiger partial charge in [-0.3, -0.25) is 9.69 Å². The summed E-state index contributed by atoms with van der Waals surface area (Å²) in [5, 5.41) is 12.9. The highest BCUT2D eigenvalue weighted by Crippen LogP contribution is 2.35. The highest BCUT2D eigenvalue weighted by molar-refractivity contribution is 5.78. The lowest BCUT2D eigenvalue weighted by molar-refractivity contribution is -0.122. The van der Waals surface area contributed by atoms with E-state index in [1.54, 1.807) is 0 Å². The maximum atomic E-state index is 12.4. The number of rotatable bonds is 6. The molecule has 1 aromatic carbocycles. The SMILES string of the molecule is CC(C)c1nc(N2CCN(CC(=O)NCc3ccccc3)CC2)c(C#N)c2c1CCC2. The Bertz CT molecular complexity index is 972. The molecule has 1 aromatic heterocycles. The minimum Gasteiger partial charge on any atom is -0.353 e. The molecule has 1 aliphatic heterocycles. The molecule has 0 unspecified atom stereocenters. The molecule has 2 heterocycles. The van der Waals surface area contributed by atoms with Crippen LogP contribution in [0.2, 0.25) is 0 Å². The Balaban J connectivity index is 1.38. The summed E-state index contributed by atoms with van der Waals surface area (Å²) in [6.07, 6.45) is 3.13. The lowest BCUT2D eigenvalue weighted by Crippen LogP contribution is -2.50. The average molecular weight is 418 g/mol. The van der Waals surface area contributed by atoms with Crippen molar-refractivity contribution >= 4 is 11.7 Å². The van der Waals surface area contributed by atoms with Gasteiger partial charge in [-0.15, -0.1) is 0 Å². The number of pyridine rings is 1. The van der Waals surface area contributed by atoms with Crippen LogP contribution in [-0.2, 0) is 24.2 Å². The lowest BCUT2D eigenvalue weighted by Gasteiger charge is -2.36. The van der Waals surface area contributed by atoms with E-state index in [4.69, 9.17) is 4.98 Å². The molecule has 1 N–H and O–H groups in total. The first-order valence-corrected chi connectivity index (χ1v) is 11.3. The van der Waals surface area contributed by atoms with E-state index in [0.717, 1.165) is 68.1 Å². The molecule has 162 valence electrons. The van der Waals surface area contributed by atoms with Crippen molar-refractivity contribution in [3.8, 4) is 6.07 Å². The Hall–Kier alpha value is -2.91. The third-order valence-electron chi connectivity index (χ3n) is 6.31. The fraction of sp³-hybridized carbons (Fsp3) is 0.480. The monoisotopic (exact) mass is 417 g/mol. The summed E-state index contributed by atoms with van der Waals surface area (Å²) in [7, 11) is 0. The highest BCUT2D eigenvalue weighted by Gasteiger charge is 2.28. The predicted octanol–water partition coefficient (Wildman–Crippen LogP) is 3.00. The number of anilines is 1. The summed E-state index contributed by atoms with van der Waals surface area (Å²) in [6, 6.07) is 12.4. The van der Waals surface area contributed by atoms with Gasteiger partial charge in [0.05, 0.1) is 12.1 Å². The third kappa shape index (κ3) is 4.72. The second-order valence-electron chi connectivity index (χ2n) is 8.80. The summed E-state index contributed by atoms with van der Waals surface area (Å²) in [6.45, 7) is 8.47. The van der Waals surface area contributed by atoms with E-state index in [1.807, 2.05) is 30.3 Å². The van der Waals surface area contributed by atoms with Gasteiger partial charge in [0, 0.05) is 38.4 Å². The fourth-order valence-electron chi connectivity index (χ4n) is 4.67. The second kappa shape index (κ2) is 9.49. The van der Waals surface area contributed by atoms with Gasteiger partial charge in [-0.25, -0.2) is 4.98 Å². The molecule has 31 heavy (non-hydrogen) atoms. The minimum absolute atomic E-state index is 0.0489. The molecular formula is C25H31N5O. The molecule has 0 spiro atoms. The van der Waals surface area contributed by atoms with Gasteiger partial charge in [0.2, 0.25) is 5.91 Å². The smallest absolute Gasteiger partial charge is 0.234 e. The number of nitrogens with one attached hydrogen (secondary N) is 1. The zero-order valence-electron chi connectivity index (χ0n) is 18.5. The van der Waals surface area contributed by atoms with E-state index < -0.39 is 0 Å². The molecule has 0 radical (unpaired) electrons. The molecule has 0 atom stereocenters. The van der Waals surface area contributed by atoms with Crippen molar-refractivity contribution in [1.82, 2.24) is 15.2 Å². The van der Waals surface area contributed by atoms with E-state index in [-0.39, 0.29) is 5.91 Å². The molecule has 0 saturated carbocycles. The van der Waals surface area contributed by atoms with Gasteiger partial charge in [0.15, 0.2) is 0 Å². The lowest BCUT2D eigenvalue weighted by atomic mass is 9.97. The number of carbonyl (C=O) groups is 1. The Morgan fingerprint density at radius 2 is 1.84 bits per heavy atom. The van der Waals surface area contributed by atoms with E-state index in [9.17, 15) is 10.1 Å². The number of nitrogens with zero attached hydrogens (tertiary/aromatic N) is 4. The van der Waals surface area contributed by atoms with E-state index in [1.165, 1.54) is 11.1 Å². The topological polar surface area (TPSA) is 72.3 Å². The van der Waals surface area contributed by atoms with Crippen LogP contribution in [0, 0.1) is 11.3 Å². The number of benzene rings is 1. The van der Waals surface area contributed by atoms with Gasteiger partial charge in [-0.1, -0.05) is 44.2 Å². The molecule has 2 aliphatic rings. The number of hydrogen-bond donors (Lipinski definition) is 1. The summed E-state index contributed by atoms with van der Waals surface area (Å²) in [4.78, 5) is 21.8. The van der Waals surface area contributed by atoms with Gasteiger partial charge in [0.25, 0.3) is 0 Å². The van der Waals surface area contributed by atoms with E-state index >= 15 is 0 Å². The Labute approximate surface area is 184 Å². The first-order valence-electron chi connectivity index (χ1n) is 11.3. The molecule has 2 aromatic rings. The van der Waals surface area contributed by atoms with Gasteiger partial charge >= 0.3 is 0 Å². The largest absolute Gasteiger partial charge is 0.353 e. The maximum absolute atomic E-state index is 12.4. The Morgan fingerprint density at radius 1 is 1.13 bits per heavy atom. The highest BCUT2D eigenvalue weighted by atomic mass is 16.2. The molecular weight excluding hydrogens is 386 g/mol. The van der Waals surface area contributed by atoms with Gasteiger partial charge < -0.3 is 10.2 Å². The van der Waals surface area contributed by atoms with Crippen molar-refractivity contribution in [2.24, 2.45) is 0 Å². The van der Waals surface area contributed by atoms with Gasteiger partial charge in [-0.2, -0.15) is 5.26 Å². The maximum Gasteiger partial charge on any atom is 0.234 e. The molecule has 6 heteroatoms. The van der Waals surface area contributed by atoms with Gasteiger partial charge in [-0.05, 0) is 41.9 Å². The predicted molar refractivity (Wildman–Crippen MR) is 122 cm³/mol. The molecule has 1 fully saturated rings. The number of hydrogen-bond acceptors (Lipinski definition) is 5. The minimum atomic E-state index is 0.0489. The number of fused-ring (bicyclic) bond motifs is 1. The van der Waals surface area contributed by atoms with E-state index in [0.29, 0.717) is 19.0 Å². The van der Waals surface area contributed by atoms with Crippen LogP contribution in [0.15, 0.2) is 30.3 Å². The van der Waals surface area contributed by atoms with Crippen LogP contribution in [0.3, 0.4) is 0 Å². The van der Waals surface area contributed by atoms with Crippen LogP contribution < -0.4 is 10.2 Å². The number of aromatic nitrogens is 1. The van der Waals surface area contributed by atoms with Crippen LogP contribution in [0.1, 0.15) is 54.1 Å². The van der Waals surface area contributed by atoms with Crippen molar-refractivity contribution in [3.63, 3.8) is 0 Å². The summed E-state index contributed by atoms with van der Waals surface area (Å²) in [5.74, 6) is 1.25. The van der Waals surface area contributed by atoms with Crippen LogP contribution >= 0.6 is 0 Å². The van der Waals surface area contributed by atoms with Crippen LogP contribution in [-0.4, -0.2) is 48.5 Å². The first-order chi connectivity index (χ1) is 15.1. The molecule has 0 bridgehead atoms. The second-order valence-corrected chi connectivity index (χ2v) is 8.80. The zero-order valence-corrected chi connectivity index (χ0v) is 18.5. The quantitative estimate of drug-likeness (QED) is 0.782. The summed E-state index contributed by atoms with van der Waals surface area (Å²) in [5.41, 5.74) is 5.56. The molecule has 1 saturated heterocycles. The number of piperazine rings is 1. The van der Waals surface area contributed by atoms with Crippen molar-refractivity contribution < 1.29 is 4.79 Å². The summed E-state index contributed by atoms with van der Waals surface area (Å²) >= 11 is 0. The molecule has 4 rings (SSSR count). The number of amides is 1. The zero-order chi connectivity index (χ0) is 21.8. The van der Waals surface area contributed by atoms with E-state index in [2.05, 4.69) is 35.0 Å². The standard InChI is InChI=1S/C25H31N5O/c1-18(2)24-21-10-6-9-20(21)22(15-26)25(28-24)30-13-11-29(12-14-30)17-23(31)27-16-19-7-4-3-5-8-19/h3-5,7-8,18H,6,9-14,16-17H2,1-2H3,(H,27,31). The Morgan fingerprint density at radius 3 is 2.52 bits per heavy atom. The van der Waals surface area contributed by atoms with Gasteiger partial charge in [0.1, 0.15) is 11.9 Å². The summed E-state index contributed by atoms with van der Waals surface area (Å²) < 4.78 is 0. The average Bonchev–Trinajstić information content (AvgIpc) is 3.27. The molecule has 6 nitrogen and oxygen atoms in total. The Kier molecular flexibility index (Phi) is 6.53. The number of nitriles is 1. The third-order valence-corrected chi connectivity index (χ3v) is 6.31. The fourth-order valence-corrected chi connectivity index (χ4v) is 4.67. The van der Waals surface area contributed by atoms with Crippen molar-refractivity contribution in [3.05, 3.63) is 58.3 Å². The van der Waals surface area contributed by atoms with Crippen LogP contribution in [0.25, 0.3) is 0 Å². The molecule has 1 amide bonds. The first kappa shape index (κ1) is 21.3. The van der Waals surface area contributed by atoms with Crippen molar-refractivity contribution in [1.29, 1.82) is 5.26 Å². The van der Waals surface area contributed by atoms with Crippen molar-refractivity contribution in [2.75, 3.05) is 37.6 Å².